The van der Waals surface area contributed by atoms with Crippen LogP contribution in [0.3, 0.4) is 0 Å². The number of piperidine rings is 1. The van der Waals surface area contributed by atoms with E-state index in [1.165, 1.54) is 12.1 Å². The van der Waals surface area contributed by atoms with E-state index in [9.17, 15) is 9.18 Å². The minimum absolute atomic E-state index is 0. The van der Waals surface area contributed by atoms with Gasteiger partial charge < -0.3 is 15.1 Å². The van der Waals surface area contributed by atoms with Gasteiger partial charge in [-0.15, -0.1) is 0 Å². The van der Waals surface area contributed by atoms with Crippen molar-refractivity contribution < 1.29 is 13.6 Å². The Morgan fingerprint density at radius 3 is 2.72 bits per heavy atom. The fourth-order valence-corrected chi connectivity index (χ4v) is 4.99. The van der Waals surface area contributed by atoms with Gasteiger partial charge >= 0.3 is 0 Å². The van der Waals surface area contributed by atoms with Crippen LogP contribution in [0.15, 0.2) is 46.9 Å². The number of aryl methyl sites for hydroxylation is 1. The molecule has 36 heavy (non-hydrogen) atoms. The van der Waals surface area contributed by atoms with Gasteiger partial charge in [0.1, 0.15) is 22.9 Å². The average Bonchev–Trinajstić information content (AvgIpc) is 3.41. The smallest absolute Gasteiger partial charge is 0.271 e. The first-order chi connectivity index (χ1) is 16.9. The van der Waals surface area contributed by atoms with Crippen LogP contribution < -0.4 is 10.6 Å². The van der Waals surface area contributed by atoms with Gasteiger partial charge in [-0.1, -0.05) is 30.6 Å². The zero-order valence-corrected chi connectivity index (χ0v) is 20.7. The molecule has 1 fully saturated rings. The van der Waals surface area contributed by atoms with Crippen LogP contribution in [0.5, 0.6) is 0 Å². The van der Waals surface area contributed by atoms with Gasteiger partial charge in [0.2, 0.25) is 0 Å². The lowest BCUT2D eigenvalue weighted by Crippen LogP contribution is -2.36. The quantitative estimate of drug-likeness (QED) is 0.300. The monoisotopic (exact) mass is 530 g/mol. The van der Waals surface area contributed by atoms with Crippen molar-refractivity contribution in [1.29, 1.82) is 0 Å². The normalized spacial score (nSPS) is 14.1. The largest absolute Gasteiger partial charge is 0.456 e. The molecule has 0 atom stereocenters. The maximum absolute atomic E-state index is 13.5. The molecule has 2 aromatic heterocycles. The predicted octanol–water partition coefficient (Wildman–Crippen LogP) is 6.46. The van der Waals surface area contributed by atoms with Gasteiger partial charge in [-0.05, 0) is 81.2 Å². The second-order valence-electron chi connectivity index (χ2n) is 8.95. The number of nitrogens with zero attached hydrogens (tertiary/aromatic N) is 2. The van der Waals surface area contributed by atoms with E-state index in [1.807, 2.05) is 19.1 Å². The van der Waals surface area contributed by atoms with Gasteiger partial charge in [0.25, 0.3) is 5.91 Å². The van der Waals surface area contributed by atoms with Crippen molar-refractivity contribution in [2.24, 2.45) is 5.92 Å². The van der Waals surface area contributed by atoms with E-state index in [-0.39, 0.29) is 18.4 Å². The third-order valence-electron chi connectivity index (χ3n) is 6.40. The Bertz CT molecular complexity index is 1390. The molecule has 0 radical (unpaired) electrons. The summed E-state index contributed by atoms with van der Waals surface area (Å²) in [6.45, 7) is 4.91. The molecule has 6 nitrogen and oxygen atoms in total. The van der Waals surface area contributed by atoms with Crippen molar-refractivity contribution in [1.82, 2.24) is 20.4 Å². The molecule has 2 aromatic carbocycles. The van der Waals surface area contributed by atoms with E-state index < -0.39 is 5.82 Å². The molecule has 9 heteroatoms. The number of carbonyl (C=O) groups excluding carboxylic acids is 1. The Hall–Kier alpha value is -2.87. The first kappa shape index (κ1) is 26.2. The average molecular weight is 531 g/mol. The molecule has 1 aliphatic heterocycles. The number of furan rings is 1. The number of fused-ring (bicyclic) bond motifs is 1. The molecule has 0 aliphatic carbocycles. The highest BCUT2D eigenvalue weighted by molar-refractivity contribution is 6.33. The molecular weight excluding hydrogens is 502 g/mol. The minimum atomic E-state index is -0.414. The molecule has 1 aliphatic rings. The zero-order valence-electron chi connectivity index (χ0n) is 19.2. The Balaban J connectivity index is 0.00000304. The summed E-state index contributed by atoms with van der Waals surface area (Å²) in [4.78, 5) is 12.7. The summed E-state index contributed by atoms with van der Waals surface area (Å²) in [5, 5.41) is 12.5. The van der Waals surface area contributed by atoms with Crippen LogP contribution in [0.2, 0.25) is 10.0 Å². The van der Waals surface area contributed by atoms with Crippen LogP contribution in [-0.4, -0.2) is 35.3 Å². The molecular formula is C27H29Cl2FN4O2. The Labute approximate surface area is 219 Å². The predicted molar refractivity (Wildman–Crippen MR) is 142 cm³/mol. The molecule has 0 spiro atoms. The topological polar surface area (TPSA) is 72.1 Å². The van der Waals surface area contributed by atoms with Crippen LogP contribution >= 0.6 is 23.2 Å². The number of benzene rings is 2. The lowest BCUT2D eigenvalue weighted by molar-refractivity contribution is 0.0938. The van der Waals surface area contributed by atoms with Crippen LogP contribution in [0.1, 0.15) is 42.0 Å². The standard InChI is InChI=1S/C26H25Cl2FN4O2.CH4/c1-15-8-23(26(34)31-13-16-4-6-30-7-5-16)32-33(15)14-18-10-19(27)9-17-11-24(35-25(17)18)21-3-2-20(29)12-22(21)28;/h2-3,8-12,16,30H,4-7,13-14H2,1H3,(H,31,34);1H4. The molecule has 2 N–H and O–H groups in total. The minimum Gasteiger partial charge on any atom is -0.456 e. The lowest BCUT2D eigenvalue weighted by Gasteiger charge is -2.22. The molecule has 190 valence electrons. The number of rotatable bonds is 6. The highest BCUT2D eigenvalue weighted by Gasteiger charge is 2.19. The molecule has 1 amide bonds. The van der Waals surface area contributed by atoms with Gasteiger partial charge in [0.05, 0.1) is 11.6 Å². The third kappa shape index (κ3) is 5.59. The van der Waals surface area contributed by atoms with Gasteiger partial charge in [-0.3, -0.25) is 9.48 Å². The first-order valence-electron chi connectivity index (χ1n) is 11.6. The van der Waals surface area contributed by atoms with E-state index in [0.717, 1.165) is 42.6 Å². The van der Waals surface area contributed by atoms with E-state index in [0.29, 0.717) is 46.6 Å². The highest BCUT2D eigenvalue weighted by Crippen LogP contribution is 2.36. The fraction of sp³-hybridized carbons (Fsp3) is 0.333. The number of carbonyl (C=O) groups is 1. The second-order valence-corrected chi connectivity index (χ2v) is 9.79. The van der Waals surface area contributed by atoms with E-state index in [1.54, 1.807) is 22.9 Å². The van der Waals surface area contributed by atoms with Gasteiger partial charge in [0.15, 0.2) is 0 Å². The molecule has 0 bridgehead atoms. The SMILES string of the molecule is C.Cc1cc(C(=O)NCC2CCNCC2)nn1Cc1cc(Cl)cc2cc(-c3ccc(F)cc3Cl)oc12. The maximum Gasteiger partial charge on any atom is 0.271 e. The van der Waals surface area contributed by atoms with Gasteiger partial charge in [0, 0.05) is 33.8 Å². The van der Waals surface area contributed by atoms with Gasteiger partial charge in [-0.2, -0.15) is 5.10 Å². The Morgan fingerprint density at radius 2 is 1.97 bits per heavy atom. The number of aromatic nitrogens is 2. The third-order valence-corrected chi connectivity index (χ3v) is 6.93. The summed E-state index contributed by atoms with van der Waals surface area (Å²) >= 11 is 12.6. The van der Waals surface area contributed by atoms with Crippen molar-refractivity contribution in [2.45, 2.75) is 33.7 Å². The van der Waals surface area contributed by atoms with Crippen LogP contribution in [-0.2, 0) is 6.54 Å². The summed E-state index contributed by atoms with van der Waals surface area (Å²) in [7, 11) is 0. The maximum atomic E-state index is 13.5. The van der Waals surface area contributed by atoms with Crippen molar-refractivity contribution >= 4 is 40.1 Å². The van der Waals surface area contributed by atoms with Crippen molar-refractivity contribution in [3.05, 3.63) is 75.3 Å². The molecule has 5 rings (SSSR count). The summed E-state index contributed by atoms with van der Waals surface area (Å²) in [5.74, 6) is 0.422. The zero-order chi connectivity index (χ0) is 24.5. The lowest BCUT2D eigenvalue weighted by atomic mass is 9.98. The van der Waals surface area contributed by atoms with Crippen molar-refractivity contribution in [3.8, 4) is 11.3 Å². The summed E-state index contributed by atoms with van der Waals surface area (Å²) in [6.07, 6.45) is 2.12. The first-order valence-corrected chi connectivity index (χ1v) is 12.3. The van der Waals surface area contributed by atoms with Crippen molar-refractivity contribution in [2.75, 3.05) is 19.6 Å². The molecule has 0 unspecified atom stereocenters. The van der Waals surface area contributed by atoms with Crippen LogP contribution in [0.25, 0.3) is 22.3 Å². The van der Waals surface area contributed by atoms with E-state index in [2.05, 4.69) is 15.7 Å². The Morgan fingerprint density at radius 1 is 1.19 bits per heavy atom. The van der Waals surface area contributed by atoms with Gasteiger partial charge in [-0.25, -0.2) is 4.39 Å². The number of halogens is 3. The number of amides is 1. The fourth-order valence-electron chi connectivity index (χ4n) is 4.48. The molecule has 4 aromatic rings. The summed E-state index contributed by atoms with van der Waals surface area (Å²) in [6, 6.07) is 11.4. The number of nitrogens with one attached hydrogen (secondary N) is 2. The number of hydrogen-bond donors (Lipinski definition) is 2. The van der Waals surface area contributed by atoms with E-state index in [4.69, 9.17) is 27.6 Å². The molecule has 3 heterocycles. The highest BCUT2D eigenvalue weighted by atomic mass is 35.5. The molecule has 1 saturated heterocycles. The summed E-state index contributed by atoms with van der Waals surface area (Å²) in [5.41, 5.74) is 3.27. The molecule has 0 saturated carbocycles. The van der Waals surface area contributed by atoms with Crippen LogP contribution in [0, 0.1) is 18.7 Å². The second kappa shape index (κ2) is 11.0. The van der Waals surface area contributed by atoms with Crippen LogP contribution in [0.4, 0.5) is 4.39 Å². The number of hydrogen-bond acceptors (Lipinski definition) is 4. The Kier molecular flexibility index (Phi) is 8.03. The van der Waals surface area contributed by atoms with Crippen molar-refractivity contribution in [3.63, 3.8) is 0 Å². The van der Waals surface area contributed by atoms with E-state index >= 15 is 0 Å². The summed E-state index contributed by atoms with van der Waals surface area (Å²) < 4.78 is 21.4.